The topological polar surface area (TPSA) is 66.0 Å². The highest BCUT2D eigenvalue weighted by molar-refractivity contribution is 8.00. The molecule has 5 nitrogen and oxygen atoms in total. The number of anilines is 2. The summed E-state index contributed by atoms with van der Waals surface area (Å²) in [7, 11) is 0. The van der Waals surface area contributed by atoms with E-state index in [2.05, 4.69) is 27.3 Å². The van der Waals surface area contributed by atoms with Crippen LogP contribution in [-0.4, -0.2) is 16.8 Å². The number of aromatic nitrogens is 1. The number of urea groups is 1. The average Bonchev–Trinajstić information content (AvgIpc) is 2.53. The van der Waals surface area contributed by atoms with Gasteiger partial charge in [-0.05, 0) is 42.0 Å². The first-order chi connectivity index (χ1) is 10.3. The molecule has 21 heavy (non-hydrogen) atoms. The molecule has 0 aliphatic rings. The van der Waals surface area contributed by atoms with Crippen molar-refractivity contribution in [3.05, 3.63) is 54.4 Å². The van der Waals surface area contributed by atoms with Crippen molar-refractivity contribution in [3.8, 4) is 0 Å². The smallest absolute Gasteiger partial charge is 0.319 e. The van der Waals surface area contributed by atoms with Gasteiger partial charge >= 0.3 is 6.03 Å². The van der Waals surface area contributed by atoms with Crippen LogP contribution >= 0.6 is 11.9 Å². The molecule has 1 aromatic heterocycles. The molecular weight excluding hydrogens is 284 g/mol. The molecule has 0 aliphatic heterocycles. The number of carbonyl (C=O) groups excluding carboxylic acids is 1. The van der Waals surface area contributed by atoms with Gasteiger partial charge < -0.3 is 15.4 Å². The van der Waals surface area contributed by atoms with E-state index >= 15 is 0 Å². The molecule has 0 saturated carbocycles. The zero-order valence-corrected chi connectivity index (χ0v) is 12.6. The van der Waals surface area contributed by atoms with E-state index < -0.39 is 0 Å². The lowest BCUT2D eigenvalue weighted by atomic mass is 10.3. The second kappa shape index (κ2) is 8.16. The number of nitrogens with one attached hydrogen (secondary N) is 3. The molecule has 0 radical (unpaired) electrons. The van der Waals surface area contributed by atoms with Gasteiger partial charge in [-0.25, -0.2) is 4.79 Å². The third-order valence-corrected chi connectivity index (χ3v) is 3.35. The first kappa shape index (κ1) is 15.2. The molecule has 2 rings (SSSR count). The number of amides is 2. The van der Waals surface area contributed by atoms with E-state index in [0.717, 1.165) is 22.7 Å². The van der Waals surface area contributed by atoms with Crippen LogP contribution in [0.15, 0.2) is 48.8 Å². The van der Waals surface area contributed by atoms with Crippen LogP contribution in [0.5, 0.6) is 0 Å². The van der Waals surface area contributed by atoms with Gasteiger partial charge in [-0.1, -0.05) is 18.9 Å². The lowest BCUT2D eigenvalue weighted by Gasteiger charge is -2.09. The molecule has 3 N–H and O–H groups in total. The van der Waals surface area contributed by atoms with Crippen LogP contribution in [0.4, 0.5) is 16.2 Å². The van der Waals surface area contributed by atoms with Crippen LogP contribution in [0.3, 0.4) is 0 Å². The Hall–Kier alpha value is -2.21. The van der Waals surface area contributed by atoms with E-state index in [4.69, 9.17) is 0 Å². The molecule has 0 spiro atoms. The summed E-state index contributed by atoms with van der Waals surface area (Å²) in [5.41, 5.74) is 2.79. The van der Waals surface area contributed by atoms with Crippen molar-refractivity contribution in [1.29, 1.82) is 0 Å². The fourth-order valence-electron chi connectivity index (χ4n) is 1.64. The molecule has 6 heteroatoms. The highest BCUT2D eigenvalue weighted by atomic mass is 32.2. The predicted molar refractivity (Wildman–Crippen MR) is 88.3 cm³/mol. The first-order valence-electron chi connectivity index (χ1n) is 6.69. The molecule has 0 saturated heterocycles. The average molecular weight is 302 g/mol. The largest absolute Gasteiger partial charge is 0.334 e. The van der Waals surface area contributed by atoms with Crippen molar-refractivity contribution in [1.82, 2.24) is 10.3 Å². The maximum absolute atomic E-state index is 11.8. The Balaban J connectivity index is 1.79. The maximum Gasteiger partial charge on any atom is 0.319 e. The number of carbonyl (C=O) groups is 1. The van der Waals surface area contributed by atoms with Gasteiger partial charge in [0.25, 0.3) is 0 Å². The first-order valence-corrected chi connectivity index (χ1v) is 7.68. The van der Waals surface area contributed by atoms with Gasteiger partial charge in [0.05, 0.1) is 0 Å². The van der Waals surface area contributed by atoms with E-state index in [1.54, 1.807) is 24.3 Å². The molecule has 1 heterocycles. The molecule has 0 atom stereocenters. The minimum Gasteiger partial charge on any atom is -0.334 e. The fraction of sp³-hybridized carbons (Fsp3) is 0.200. The Morgan fingerprint density at radius 1 is 1.10 bits per heavy atom. The van der Waals surface area contributed by atoms with Gasteiger partial charge in [0.2, 0.25) is 0 Å². The van der Waals surface area contributed by atoms with Gasteiger partial charge in [0, 0.05) is 36.1 Å². The molecule has 2 aromatic rings. The van der Waals surface area contributed by atoms with Crippen LogP contribution in [-0.2, 0) is 6.54 Å². The lowest BCUT2D eigenvalue weighted by Crippen LogP contribution is -2.28. The summed E-state index contributed by atoms with van der Waals surface area (Å²) in [6.07, 6.45) is 3.41. The third kappa shape index (κ3) is 5.35. The van der Waals surface area contributed by atoms with Crippen molar-refractivity contribution in [2.24, 2.45) is 0 Å². The summed E-state index contributed by atoms with van der Waals surface area (Å²) < 4.78 is 3.20. The van der Waals surface area contributed by atoms with E-state index in [9.17, 15) is 4.79 Å². The minimum absolute atomic E-state index is 0.226. The second-order valence-electron chi connectivity index (χ2n) is 4.28. The Morgan fingerprint density at radius 3 is 2.43 bits per heavy atom. The number of nitrogens with zero attached hydrogens (tertiary/aromatic N) is 1. The summed E-state index contributed by atoms with van der Waals surface area (Å²) in [6.45, 7) is 2.56. The Labute approximate surface area is 128 Å². The Kier molecular flexibility index (Phi) is 5.90. The molecule has 0 aliphatic carbocycles. The van der Waals surface area contributed by atoms with Crippen molar-refractivity contribution in [2.75, 3.05) is 15.8 Å². The summed E-state index contributed by atoms with van der Waals surface area (Å²) in [5.74, 6) is 0.997. The maximum atomic E-state index is 11.8. The molecular formula is C15H18N4OS. The van der Waals surface area contributed by atoms with Crippen LogP contribution in [0.2, 0.25) is 0 Å². The van der Waals surface area contributed by atoms with Crippen LogP contribution < -0.4 is 15.4 Å². The van der Waals surface area contributed by atoms with Crippen LogP contribution in [0, 0.1) is 0 Å². The molecule has 0 fully saturated rings. The molecule has 1 aromatic carbocycles. The molecule has 0 bridgehead atoms. The molecule has 0 unspecified atom stereocenters. The Morgan fingerprint density at radius 2 is 1.76 bits per heavy atom. The minimum atomic E-state index is -0.226. The van der Waals surface area contributed by atoms with Gasteiger partial charge in [-0.15, -0.1) is 0 Å². The van der Waals surface area contributed by atoms with Gasteiger partial charge in [0.15, 0.2) is 0 Å². The molecule has 110 valence electrons. The van der Waals surface area contributed by atoms with Crippen molar-refractivity contribution in [2.45, 2.75) is 13.5 Å². The lowest BCUT2D eigenvalue weighted by molar-refractivity contribution is 0.251. The van der Waals surface area contributed by atoms with Crippen LogP contribution in [0.1, 0.15) is 12.5 Å². The van der Waals surface area contributed by atoms with E-state index in [1.165, 1.54) is 0 Å². The number of hydrogen-bond donors (Lipinski definition) is 3. The van der Waals surface area contributed by atoms with Gasteiger partial charge in [0.1, 0.15) is 0 Å². The quantitative estimate of drug-likeness (QED) is 0.715. The Bertz CT molecular complexity index is 560. The summed E-state index contributed by atoms with van der Waals surface area (Å²) in [6, 6.07) is 11.1. The zero-order chi connectivity index (χ0) is 14.9. The summed E-state index contributed by atoms with van der Waals surface area (Å²) in [5, 5.41) is 5.59. The third-order valence-electron chi connectivity index (χ3n) is 2.68. The summed E-state index contributed by atoms with van der Waals surface area (Å²) >= 11 is 1.63. The van der Waals surface area contributed by atoms with Gasteiger partial charge in [-0.3, -0.25) is 4.98 Å². The predicted octanol–water partition coefficient (Wildman–Crippen LogP) is 3.48. The number of pyridine rings is 1. The van der Waals surface area contributed by atoms with Crippen molar-refractivity contribution < 1.29 is 4.79 Å². The SMILES string of the molecule is CCSNc1ccc(NC(=O)NCc2ccncc2)cc1. The number of hydrogen-bond acceptors (Lipinski definition) is 4. The van der Waals surface area contributed by atoms with Crippen molar-refractivity contribution >= 4 is 29.4 Å². The number of rotatable bonds is 6. The van der Waals surface area contributed by atoms with E-state index in [0.29, 0.717) is 6.54 Å². The summed E-state index contributed by atoms with van der Waals surface area (Å²) in [4.78, 5) is 15.7. The highest BCUT2D eigenvalue weighted by Gasteiger charge is 2.01. The van der Waals surface area contributed by atoms with E-state index in [1.807, 2.05) is 36.4 Å². The van der Waals surface area contributed by atoms with Crippen molar-refractivity contribution in [3.63, 3.8) is 0 Å². The highest BCUT2D eigenvalue weighted by Crippen LogP contribution is 2.16. The number of benzene rings is 1. The van der Waals surface area contributed by atoms with E-state index in [-0.39, 0.29) is 6.03 Å². The normalized spacial score (nSPS) is 9.95. The standard InChI is InChI=1S/C15H18N4OS/c1-2-21-19-14-5-3-13(4-6-14)18-15(20)17-11-12-7-9-16-10-8-12/h3-10,19H,2,11H2,1H3,(H2,17,18,20). The second-order valence-corrected chi connectivity index (χ2v) is 5.35. The monoisotopic (exact) mass is 302 g/mol. The van der Waals surface area contributed by atoms with Gasteiger partial charge in [-0.2, -0.15) is 0 Å². The fourth-order valence-corrected chi connectivity index (χ4v) is 2.08. The van der Waals surface area contributed by atoms with Crippen LogP contribution in [0.25, 0.3) is 0 Å². The zero-order valence-electron chi connectivity index (χ0n) is 11.8. The molecule has 2 amide bonds.